The summed E-state index contributed by atoms with van der Waals surface area (Å²) in [6.07, 6.45) is 3.06. The largest absolute Gasteiger partial charge is 0.378 e. The van der Waals surface area contributed by atoms with E-state index in [4.69, 9.17) is 4.74 Å². The standard InChI is InChI=1S/C21H26N4O5/c26-18(7-6-17-4-2-1-3-5-17)22-16-19(27)23-8-10-24(11-9-23)20(28)21(29)25-12-14-30-15-13-25/h1-7H,8-16H2,(H,22,26)/b7-6+. The summed E-state index contributed by atoms with van der Waals surface area (Å²) in [7, 11) is 0. The van der Waals surface area contributed by atoms with Gasteiger partial charge in [0.05, 0.1) is 19.8 Å². The fourth-order valence-corrected chi connectivity index (χ4v) is 3.27. The minimum atomic E-state index is -0.539. The van der Waals surface area contributed by atoms with E-state index < -0.39 is 11.8 Å². The third-order valence-electron chi connectivity index (χ3n) is 5.04. The van der Waals surface area contributed by atoms with E-state index in [1.165, 1.54) is 15.9 Å². The Kier molecular flexibility index (Phi) is 7.56. The molecule has 0 radical (unpaired) electrons. The molecule has 2 aliphatic rings. The zero-order valence-corrected chi connectivity index (χ0v) is 16.8. The topological polar surface area (TPSA) is 99.3 Å². The number of morpholine rings is 1. The third-order valence-corrected chi connectivity index (χ3v) is 5.04. The molecule has 1 N–H and O–H groups in total. The van der Waals surface area contributed by atoms with E-state index in [-0.39, 0.29) is 18.4 Å². The van der Waals surface area contributed by atoms with Crippen molar-refractivity contribution in [1.29, 1.82) is 0 Å². The fourth-order valence-electron chi connectivity index (χ4n) is 3.27. The van der Waals surface area contributed by atoms with Crippen LogP contribution in [0.15, 0.2) is 36.4 Å². The second kappa shape index (κ2) is 10.5. The molecule has 30 heavy (non-hydrogen) atoms. The number of ether oxygens (including phenoxy) is 1. The minimum absolute atomic E-state index is 0.112. The molecule has 1 aromatic rings. The predicted molar refractivity (Wildman–Crippen MR) is 109 cm³/mol. The van der Waals surface area contributed by atoms with Crippen LogP contribution in [0.25, 0.3) is 6.08 Å². The first-order valence-corrected chi connectivity index (χ1v) is 9.99. The van der Waals surface area contributed by atoms with Crippen LogP contribution < -0.4 is 5.32 Å². The summed E-state index contributed by atoms with van der Waals surface area (Å²) in [5, 5.41) is 2.58. The second-order valence-electron chi connectivity index (χ2n) is 7.04. The predicted octanol–water partition coefficient (Wildman–Crippen LogP) is -0.654. The normalized spacial score (nSPS) is 17.1. The van der Waals surface area contributed by atoms with Gasteiger partial charge in [-0.15, -0.1) is 0 Å². The Hall–Kier alpha value is -3.20. The van der Waals surface area contributed by atoms with Crippen molar-refractivity contribution in [2.24, 2.45) is 0 Å². The van der Waals surface area contributed by atoms with Crippen molar-refractivity contribution in [3.63, 3.8) is 0 Å². The summed E-state index contributed by atoms with van der Waals surface area (Å²) >= 11 is 0. The molecule has 0 unspecified atom stereocenters. The Labute approximate surface area is 175 Å². The molecule has 0 atom stereocenters. The Morgan fingerprint density at radius 2 is 1.40 bits per heavy atom. The highest BCUT2D eigenvalue weighted by Crippen LogP contribution is 2.06. The molecule has 4 amide bonds. The first-order chi connectivity index (χ1) is 14.5. The van der Waals surface area contributed by atoms with E-state index in [1.807, 2.05) is 30.3 Å². The van der Waals surface area contributed by atoms with Crippen LogP contribution in [-0.4, -0.2) is 97.4 Å². The number of amides is 4. The van der Waals surface area contributed by atoms with Crippen molar-refractivity contribution in [1.82, 2.24) is 20.0 Å². The molecular weight excluding hydrogens is 388 g/mol. The van der Waals surface area contributed by atoms with Crippen LogP contribution in [0.2, 0.25) is 0 Å². The van der Waals surface area contributed by atoms with E-state index in [0.29, 0.717) is 52.5 Å². The van der Waals surface area contributed by atoms with Crippen molar-refractivity contribution in [3.05, 3.63) is 42.0 Å². The molecule has 2 aliphatic heterocycles. The van der Waals surface area contributed by atoms with Gasteiger partial charge in [-0.05, 0) is 11.6 Å². The maximum Gasteiger partial charge on any atom is 0.312 e. The van der Waals surface area contributed by atoms with Crippen molar-refractivity contribution in [2.75, 3.05) is 59.0 Å². The number of hydrogen-bond acceptors (Lipinski definition) is 5. The number of rotatable bonds is 4. The number of nitrogens with one attached hydrogen (secondary N) is 1. The highest BCUT2D eigenvalue weighted by atomic mass is 16.5. The molecule has 160 valence electrons. The van der Waals surface area contributed by atoms with Crippen LogP contribution in [-0.2, 0) is 23.9 Å². The summed E-state index contributed by atoms with van der Waals surface area (Å²) in [5.41, 5.74) is 0.895. The van der Waals surface area contributed by atoms with E-state index in [1.54, 1.807) is 11.0 Å². The van der Waals surface area contributed by atoms with E-state index in [0.717, 1.165) is 5.56 Å². The summed E-state index contributed by atoms with van der Waals surface area (Å²) in [6, 6.07) is 9.39. The van der Waals surface area contributed by atoms with E-state index in [2.05, 4.69) is 5.32 Å². The smallest absolute Gasteiger partial charge is 0.312 e. The monoisotopic (exact) mass is 414 g/mol. The molecule has 0 bridgehead atoms. The third kappa shape index (κ3) is 5.90. The second-order valence-corrected chi connectivity index (χ2v) is 7.04. The van der Waals surface area contributed by atoms with Crippen molar-refractivity contribution in [3.8, 4) is 0 Å². The molecule has 9 heteroatoms. The lowest BCUT2D eigenvalue weighted by Gasteiger charge is -2.35. The SMILES string of the molecule is O=C(/C=C/c1ccccc1)NCC(=O)N1CCN(C(=O)C(=O)N2CCOCC2)CC1. The van der Waals surface area contributed by atoms with Gasteiger partial charge in [-0.3, -0.25) is 19.2 Å². The van der Waals surface area contributed by atoms with E-state index >= 15 is 0 Å². The van der Waals surface area contributed by atoms with Gasteiger partial charge in [0.1, 0.15) is 0 Å². The van der Waals surface area contributed by atoms with Crippen LogP contribution in [0, 0.1) is 0 Å². The molecule has 0 aromatic heterocycles. The minimum Gasteiger partial charge on any atom is -0.378 e. The summed E-state index contributed by atoms with van der Waals surface area (Å²) in [6.45, 7) is 2.85. The number of benzene rings is 1. The lowest BCUT2D eigenvalue weighted by atomic mass is 10.2. The number of hydrogen-bond donors (Lipinski definition) is 1. The Balaban J connectivity index is 1.39. The number of carbonyl (C=O) groups is 4. The van der Waals surface area contributed by atoms with Crippen LogP contribution in [0.3, 0.4) is 0 Å². The quantitative estimate of drug-likeness (QED) is 0.521. The van der Waals surface area contributed by atoms with Crippen LogP contribution in [0.1, 0.15) is 5.56 Å². The summed E-state index contributed by atoms with van der Waals surface area (Å²) in [5.74, 6) is -1.63. The first-order valence-electron chi connectivity index (χ1n) is 9.99. The highest BCUT2D eigenvalue weighted by molar-refractivity contribution is 6.34. The molecule has 3 rings (SSSR count). The Morgan fingerprint density at radius 1 is 0.833 bits per heavy atom. The van der Waals surface area contributed by atoms with Crippen LogP contribution in [0.5, 0.6) is 0 Å². The molecule has 2 saturated heterocycles. The summed E-state index contributed by atoms with van der Waals surface area (Å²) in [4.78, 5) is 53.5. The highest BCUT2D eigenvalue weighted by Gasteiger charge is 2.31. The van der Waals surface area contributed by atoms with Gasteiger partial charge in [-0.1, -0.05) is 30.3 Å². The van der Waals surface area contributed by atoms with Gasteiger partial charge in [0.2, 0.25) is 11.8 Å². The average Bonchev–Trinajstić information content (AvgIpc) is 2.81. The van der Waals surface area contributed by atoms with Crippen LogP contribution in [0.4, 0.5) is 0 Å². The Morgan fingerprint density at radius 3 is 2.03 bits per heavy atom. The van der Waals surface area contributed by atoms with Crippen molar-refractivity contribution in [2.45, 2.75) is 0 Å². The lowest BCUT2D eigenvalue weighted by Crippen LogP contribution is -2.56. The van der Waals surface area contributed by atoms with Gasteiger partial charge < -0.3 is 24.8 Å². The molecule has 0 aliphatic carbocycles. The van der Waals surface area contributed by atoms with Crippen molar-refractivity contribution >= 4 is 29.7 Å². The molecular formula is C21H26N4O5. The fraction of sp³-hybridized carbons (Fsp3) is 0.429. The maximum absolute atomic E-state index is 12.4. The van der Waals surface area contributed by atoms with Gasteiger partial charge in [0, 0.05) is 45.3 Å². The number of piperazine rings is 1. The van der Waals surface area contributed by atoms with Gasteiger partial charge in [-0.2, -0.15) is 0 Å². The number of nitrogens with zero attached hydrogens (tertiary/aromatic N) is 3. The lowest BCUT2D eigenvalue weighted by molar-refractivity contribution is -0.155. The zero-order chi connectivity index (χ0) is 21.3. The molecule has 2 fully saturated rings. The molecule has 0 spiro atoms. The molecule has 1 aromatic carbocycles. The Bertz CT molecular complexity index is 797. The van der Waals surface area contributed by atoms with Crippen LogP contribution >= 0.6 is 0 Å². The zero-order valence-electron chi connectivity index (χ0n) is 16.8. The molecule has 9 nitrogen and oxygen atoms in total. The summed E-state index contributed by atoms with van der Waals surface area (Å²) < 4.78 is 5.20. The van der Waals surface area contributed by atoms with E-state index in [9.17, 15) is 19.2 Å². The maximum atomic E-state index is 12.4. The van der Waals surface area contributed by atoms with Gasteiger partial charge in [0.25, 0.3) is 0 Å². The molecule has 2 heterocycles. The van der Waals surface area contributed by atoms with Gasteiger partial charge >= 0.3 is 11.8 Å². The van der Waals surface area contributed by atoms with Crippen molar-refractivity contribution < 1.29 is 23.9 Å². The molecule has 0 saturated carbocycles. The van der Waals surface area contributed by atoms with Gasteiger partial charge in [-0.25, -0.2) is 0 Å². The van der Waals surface area contributed by atoms with Gasteiger partial charge in [0.15, 0.2) is 0 Å². The number of carbonyl (C=O) groups excluding carboxylic acids is 4. The average molecular weight is 414 g/mol. The first kappa shape index (κ1) is 21.5.